The Bertz CT molecular complexity index is 700. The van der Waals surface area contributed by atoms with Gasteiger partial charge in [0.25, 0.3) is 5.91 Å². The van der Waals surface area contributed by atoms with Gasteiger partial charge in [-0.25, -0.2) is 4.39 Å². The maximum atomic E-state index is 13.7. The monoisotopic (exact) mass is 376 g/mol. The van der Waals surface area contributed by atoms with Crippen molar-refractivity contribution in [2.75, 3.05) is 6.61 Å². The van der Waals surface area contributed by atoms with Crippen LogP contribution in [0.4, 0.5) is 4.39 Å². The minimum absolute atomic E-state index is 0.0200. The Hall–Kier alpha value is -1.95. The van der Waals surface area contributed by atoms with E-state index >= 15 is 0 Å². The zero-order chi connectivity index (χ0) is 19.6. The molecule has 3 rings (SSSR count). The molecule has 2 aliphatic rings. The van der Waals surface area contributed by atoms with Gasteiger partial charge in [-0.3, -0.25) is 14.5 Å². The molecule has 0 bridgehead atoms. The molecule has 2 atom stereocenters. The number of carbonyl (C=O) groups is 2. The first-order chi connectivity index (χ1) is 12.9. The number of hydrogen-bond acceptors (Lipinski definition) is 3. The Morgan fingerprint density at radius 3 is 2.70 bits per heavy atom. The highest BCUT2D eigenvalue weighted by molar-refractivity contribution is 5.98. The molecule has 5 nitrogen and oxygen atoms in total. The lowest BCUT2D eigenvalue weighted by Gasteiger charge is -2.43. The minimum atomic E-state index is -0.770. The zero-order valence-corrected chi connectivity index (χ0v) is 16.3. The first kappa shape index (κ1) is 19.8. The van der Waals surface area contributed by atoms with Gasteiger partial charge in [0.15, 0.2) is 0 Å². The SMILES string of the molecule is CC[C@H](C)NC(=O)[C@H]1COC2(CCC(C)CC2)N1C(=O)c1cccc(F)c1. The van der Waals surface area contributed by atoms with Crippen LogP contribution < -0.4 is 5.32 Å². The molecular formula is C21H29FN2O3. The number of ether oxygens (including phenoxy) is 1. The van der Waals surface area contributed by atoms with Gasteiger partial charge in [-0.05, 0) is 63.1 Å². The molecule has 1 aromatic carbocycles. The number of rotatable bonds is 4. The molecule has 1 N–H and O–H groups in total. The molecule has 2 amide bonds. The van der Waals surface area contributed by atoms with E-state index in [1.165, 1.54) is 18.2 Å². The summed E-state index contributed by atoms with van der Waals surface area (Å²) in [5.74, 6) is -0.443. The second kappa shape index (κ2) is 7.97. The van der Waals surface area contributed by atoms with E-state index in [0.717, 1.165) is 19.3 Å². The highest BCUT2D eigenvalue weighted by atomic mass is 19.1. The molecule has 6 heteroatoms. The Kier molecular flexibility index (Phi) is 5.84. The lowest BCUT2D eigenvalue weighted by molar-refractivity contribution is -0.128. The molecule has 1 aromatic rings. The van der Waals surface area contributed by atoms with E-state index in [9.17, 15) is 14.0 Å². The topological polar surface area (TPSA) is 58.6 Å². The highest BCUT2D eigenvalue weighted by Crippen LogP contribution is 2.43. The van der Waals surface area contributed by atoms with Crippen molar-refractivity contribution < 1.29 is 18.7 Å². The van der Waals surface area contributed by atoms with Crippen LogP contribution in [0.1, 0.15) is 63.2 Å². The van der Waals surface area contributed by atoms with Crippen molar-refractivity contribution >= 4 is 11.8 Å². The Balaban J connectivity index is 1.92. The van der Waals surface area contributed by atoms with Gasteiger partial charge < -0.3 is 10.1 Å². The average molecular weight is 376 g/mol. The summed E-state index contributed by atoms with van der Waals surface area (Å²) in [5.41, 5.74) is -0.521. The van der Waals surface area contributed by atoms with Gasteiger partial charge in [0, 0.05) is 11.6 Å². The first-order valence-electron chi connectivity index (χ1n) is 9.90. The molecule has 0 aromatic heterocycles. The van der Waals surface area contributed by atoms with Crippen molar-refractivity contribution in [1.82, 2.24) is 10.2 Å². The number of carbonyl (C=O) groups excluding carboxylic acids is 2. The minimum Gasteiger partial charge on any atom is -0.353 e. The highest BCUT2D eigenvalue weighted by Gasteiger charge is 2.53. The summed E-state index contributed by atoms with van der Waals surface area (Å²) < 4.78 is 19.8. The third-order valence-electron chi connectivity index (χ3n) is 5.91. The van der Waals surface area contributed by atoms with Crippen LogP contribution in [0.3, 0.4) is 0 Å². The fraction of sp³-hybridized carbons (Fsp3) is 0.619. The summed E-state index contributed by atoms with van der Waals surface area (Å²) in [7, 11) is 0. The van der Waals surface area contributed by atoms with Crippen LogP contribution in [0, 0.1) is 11.7 Å². The van der Waals surface area contributed by atoms with E-state index in [-0.39, 0.29) is 30.0 Å². The maximum Gasteiger partial charge on any atom is 0.256 e. The summed E-state index contributed by atoms with van der Waals surface area (Å²) >= 11 is 0. The second-order valence-electron chi connectivity index (χ2n) is 7.96. The van der Waals surface area contributed by atoms with Crippen molar-refractivity contribution in [3.05, 3.63) is 35.6 Å². The molecule has 1 spiro atoms. The molecule has 0 unspecified atom stereocenters. The van der Waals surface area contributed by atoms with Crippen LogP contribution in [-0.4, -0.2) is 41.1 Å². The summed E-state index contributed by atoms with van der Waals surface area (Å²) in [5, 5.41) is 2.96. The second-order valence-corrected chi connectivity index (χ2v) is 7.96. The number of benzene rings is 1. The number of nitrogens with one attached hydrogen (secondary N) is 1. The molecule has 1 aliphatic carbocycles. The van der Waals surface area contributed by atoms with Crippen LogP contribution >= 0.6 is 0 Å². The number of hydrogen-bond donors (Lipinski definition) is 1. The molecule has 1 saturated carbocycles. The molecule has 1 heterocycles. The van der Waals surface area contributed by atoms with E-state index in [2.05, 4.69) is 12.2 Å². The summed E-state index contributed by atoms with van der Waals surface area (Å²) in [6.07, 6.45) is 4.07. The van der Waals surface area contributed by atoms with E-state index in [1.54, 1.807) is 11.0 Å². The Morgan fingerprint density at radius 2 is 2.07 bits per heavy atom. The average Bonchev–Trinajstić information content (AvgIpc) is 3.02. The van der Waals surface area contributed by atoms with Crippen LogP contribution in [0.5, 0.6) is 0 Å². The predicted octanol–water partition coefficient (Wildman–Crippen LogP) is 3.49. The Labute approximate surface area is 160 Å². The first-order valence-corrected chi connectivity index (χ1v) is 9.90. The van der Waals surface area contributed by atoms with Gasteiger partial charge >= 0.3 is 0 Å². The molecule has 27 heavy (non-hydrogen) atoms. The van der Waals surface area contributed by atoms with Crippen LogP contribution in [-0.2, 0) is 9.53 Å². The Morgan fingerprint density at radius 1 is 1.37 bits per heavy atom. The summed E-state index contributed by atoms with van der Waals surface area (Å²) in [4.78, 5) is 27.8. The largest absolute Gasteiger partial charge is 0.353 e. The molecule has 1 aliphatic heterocycles. The smallest absolute Gasteiger partial charge is 0.256 e. The molecule has 148 valence electrons. The van der Waals surface area contributed by atoms with Crippen molar-refractivity contribution in [3.8, 4) is 0 Å². The van der Waals surface area contributed by atoms with Gasteiger partial charge in [-0.15, -0.1) is 0 Å². The lowest BCUT2D eigenvalue weighted by Crippen LogP contribution is -2.57. The standard InChI is InChI=1S/C21H29FN2O3/c1-4-15(3)23-19(25)18-13-27-21(10-8-14(2)9-11-21)24(18)20(26)16-6-5-7-17(22)12-16/h5-7,12,14-15,18H,4,8-11,13H2,1-3H3,(H,23,25)/t14?,15-,18+,21?/m0/s1. The maximum absolute atomic E-state index is 13.7. The van der Waals surface area contributed by atoms with Crippen molar-refractivity contribution in [2.24, 2.45) is 5.92 Å². The number of nitrogens with zero attached hydrogens (tertiary/aromatic N) is 1. The summed E-state index contributed by atoms with van der Waals surface area (Å²) in [6, 6.07) is 4.97. The van der Waals surface area contributed by atoms with E-state index in [4.69, 9.17) is 4.74 Å². The molecule has 1 saturated heterocycles. The number of amides is 2. The third kappa shape index (κ3) is 4.00. The lowest BCUT2D eigenvalue weighted by atomic mass is 9.83. The quantitative estimate of drug-likeness (QED) is 0.875. The van der Waals surface area contributed by atoms with E-state index in [0.29, 0.717) is 18.8 Å². The molecule has 0 radical (unpaired) electrons. The fourth-order valence-electron chi connectivity index (χ4n) is 3.98. The molecule has 2 fully saturated rings. The summed E-state index contributed by atoms with van der Waals surface area (Å²) in [6.45, 7) is 6.30. The van der Waals surface area contributed by atoms with Gasteiger partial charge in [-0.2, -0.15) is 0 Å². The van der Waals surface area contributed by atoms with Gasteiger partial charge in [0.2, 0.25) is 5.91 Å². The van der Waals surface area contributed by atoms with Gasteiger partial charge in [-0.1, -0.05) is 19.9 Å². The predicted molar refractivity (Wildman–Crippen MR) is 101 cm³/mol. The third-order valence-corrected chi connectivity index (χ3v) is 5.91. The van der Waals surface area contributed by atoms with Crippen molar-refractivity contribution in [1.29, 1.82) is 0 Å². The molecular weight excluding hydrogens is 347 g/mol. The van der Waals surface area contributed by atoms with Crippen molar-refractivity contribution in [2.45, 2.75) is 70.7 Å². The number of halogens is 1. The van der Waals surface area contributed by atoms with Gasteiger partial charge in [0.05, 0.1) is 6.61 Å². The normalized spacial score (nSPS) is 29.0. The van der Waals surface area contributed by atoms with Gasteiger partial charge in [0.1, 0.15) is 17.6 Å². The fourth-order valence-corrected chi connectivity index (χ4v) is 3.98. The van der Waals surface area contributed by atoms with Crippen LogP contribution in [0.2, 0.25) is 0 Å². The van der Waals surface area contributed by atoms with E-state index in [1.807, 2.05) is 13.8 Å². The van der Waals surface area contributed by atoms with Crippen molar-refractivity contribution in [3.63, 3.8) is 0 Å². The van der Waals surface area contributed by atoms with E-state index < -0.39 is 17.6 Å². The zero-order valence-electron chi connectivity index (χ0n) is 16.3. The van der Waals surface area contributed by atoms with Crippen LogP contribution in [0.15, 0.2) is 24.3 Å². The van der Waals surface area contributed by atoms with Crippen LogP contribution in [0.25, 0.3) is 0 Å².